The maximum absolute atomic E-state index is 14.5. The summed E-state index contributed by atoms with van der Waals surface area (Å²) in [7, 11) is -4.20. The molecular weight excluding hydrogens is 629 g/mol. The molecule has 45 heavy (non-hydrogen) atoms. The van der Waals surface area contributed by atoms with Crippen molar-refractivity contribution in [3.8, 4) is 0 Å². The fraction of sp³-hybridized carbons (Fsp3) is 0.257. The second-order valence-corrected chi connectivity index (χ2v) is 13.7. The fourth-order valence-electron chi connectivity index (χ4n) is 4.91. The fourth-order valence-corrected chi connectivity index (χ4v) is 6.77. The number of carbonyl (C=O) groups is 2. The van der Waals surface area contributed by atoms with Gasteiger partial charge in [-0.3, -0.25) is 13.9 Å². The third-order valence-corrected chi connectivity index (χ3v) is 9.84. The molecule has 2 amide bonds. The second-order valence-electron chi connectivity index (χ2n) is 10.9. The van der Waals surface area contributed by atoms with Gasteiger partial charge in [0.25, 0.3) is 10.0 Å². The molecule has 236 valence electrons. The first kappa shape index (κ1) is 34.0. The molecule has 0 aliphatic heterocycles. The number of sulfonamides is 1. The van der Waals surface area contributed by atoms with Crippen molar-refractivity contribution in [2.75, 3.05) is 10.8 Å². The van der Waals surface area contributed by atoms with E-state index in [1.54, 1.807) is 67.6 Å². The normalized spacial score (nSPS) is 12.6. The minimum absolute atomic E-state index is 0.0340. The van der Waals surface area contributed by atoms with Crippen LogP contribution in [0.25, 0.3) is 0 Å². The Labute approximate surface area is 275 Å². The van der Waals surface area contributed by atoms with Gasteiger partial charge in [-0.1, -0.05) is 90.8 Å². The lowest BCUT2D eigenvalue weighted by Gasteiger charge is -2.34. The van der Waals surface area contributed by atoms with E-state index in [2.05, 4.69) is 5.32 Å². The molecule has 1 N–H and O–H groups in total. The van der Waals surface area contributed by atoms with Crippen molar-refractivity contribution in [2.45, 2.75) is 57.1 Å². The Kier molecular flexibility index (Phi) is 11.7. The lowest BCUT2D eigenvalue weighted by atomic mass is 10.0. The summed E-state index contributed by atoms with van der Waals surface area (Å²) >= 11 is 12.4. The number of carbonyl (C=O) groups excluding carboxylic acids is 2. The third kappa shape index (κ3) is 8.87. The zero-order valence-corrected chi connectivity index (χ0v) is 27.8. The molecule has 4 aromatic rings. The first-order valence-corrected chi connectivity index (χ1v) is 16.9. The van der Waals surface area contributed by atoms with E-state index in [0.717, 1.165) is 15.4 Å². The summed E-state index contributed by atoms with van der Waals surface area (Å²) in [5.41, 5.74) is 2.49. The molecule has 0 bridgehead atoms. The summed E-state index contributed by atoms with van der Waals surface area (Å²) in [6, 6.07) is 28.2. The molecule has 7 nitrogen and oxygen atoms in total. The van der Waals surface area contributed by atoms with E-state index in [1.807, 2.05) is 44.2 Å². The molecule has 2 atom stereocenters. The minimum atomic E-state index is -4.20. The summed E-state index contributed by atoms with van der Waals surface area (Å²) in [6.07, 6.45) is 0.932. The van der Waals surface area contributed by atoms with Crippen molar-refractivity contribution < 1.29 is 18.0 Å². The van der Waals surface area contributed by atoms with E-state index in [4.69, 9.17) is 23.2 Å². The largest absolute Gasteiger partial charge is 0.352 e. The summed E-state index contributed by atoms with van der Waals surface area (Å²) in [4.78, 5) is 29.9. The van der Waals surface area contributed by atoms with Crippen LogP contribution in [0.4, 0.5) is 5.69 Å². The Balaban J connectivity index is 1.82. The molecule has 0 unspecified atom stereocenters. The van der Waals surface area contributed by atoms with Crippen molar-refractivity contribution in [3.05, 3.63) is 130 Å². The van der Waals surface area contributed by atoms with Crippen molar-refractivity contribution in [1.29, 1.82) is 0 Å². The lowest BCUT2D eigenvalue weighted by Crippen LogP contribution is -2.54. The van der Waals surface area contributed by atoms with E-state index in [-0.39, 0.29) is 29.8 Å². The van der Waals surface area contributed by atoms with Crippen LogP contribution >= 0.6 is 23.2 Å². The van der Waals surface area contributed by atoms with Crippen LogP contribution < -0.4 is 9.62 Å². The monoisotopic (exact) mass is 665 g/mol. The standard InChI is InChI=1S/C35H37Cl2N3O4S/c1-4-26(3)38-35(42)33(22-27-11-7-5-8-12-27)39(23-28-15-17-29(36)18-16-28)34(41)24-40(32-20-19-30(37)21-25(32)2)45(43,44)31-13-9-6-10-14-31/h5-21,26,33H,4,22-24H2,1-3H3,(H,38,42)/t26-,33+/m1/s1. The Hall–Kier alpha value is -3.85. The number of rotatable bonds is 13. The van der Waals surface area contributed by atoms with Gasteiger partial charge in [0.2, 0.25) is 11.8 Å². The number of anilines is 1. The van der Waals surface area contributed by atoms with Gasteiger partial charge in [-0.2, -0.15) is 0 Å². The quantitative estimate of drug-likeness (QED) is 0.166. The van der Waals surface area contributed by atoms with Crippen molar-refractivity contribution >= 4 is 50.7 Å². The van der Waals surface area contributed by atoms with Crippen molar-refractivity contribution in [1.82, 2.24) is 10.2 Å². The Bertz CT molecular complexity index is 1700. The van der Waals surface area contributed by atoms with E-state index >= 15 is 0 Å². The highest BCUT2D eigenvalue weighted by Gasteiger charge is 2.35. The number of nitrogens with zero attached hydrogens (tertiary/aromatic N) is 2. The maximum Gasteiger partial charge on any atom is 0.264 e. The van der Waals surface area contributed by atoms with Crippen LogP contribution in [0.5, 0.6) is 0 Å². The number of amides is 2. The SMILES string of the molecule is CC[C@@H](C)NC(=O)[C@H](Cc1ccccc1)N(Cc1ccc(Cl)cc1)C(=O)CN(c1ccc(Cl)cc1C)S(=O)(=O)c1ccccc1. The Morgan fingerprint density at radius 3 is 2.02 bits per heavy atom. The maximum atomic E-state index is 14.5. The van der Waals surface area contributed by atoms with Crippen molar-refractivity contribution in [3.63, 3.8) is 0 Å². The molecule has 0 aliphatic carbocycles. The Morgan fingerprint density at radius 1 is 0.822 bits per heavy atom. The highest BCUT2D eigenvalue weighted by Crippen LogP contribution is 2.29. The van der Waals surface area contributed by atoms with Gasteiger partial charge in [-0.15, -0.1) is 0 Å². The molecule has 0 aliphatic rings. The molecule has 0 saturated carbocycles. The second kappa shape index (κ2) is 15.4. The highest BCUT2D eigenvalue weighted by molar-refractivity contribution is 7.92. The topological polar surface area (TPSA) is 86.8 Å². The molecular formula is C35H37Cl2N3O4S. The number of aryl methyl sites for hydroxylation is 1. The zero-order chi connectivity index (χ0) is 32.6. The van der Waals surface area contributed by atoms with Crippen LogP contribution in [0.1, 0.15) is 37.0 Å². The lowest BCUT2D eigenvalue weighted by molar-refractivity contribution is -0.140. The van der Waals surface area contributed by atoms with Gasteiger partial charge in [-0.25, -0.2) is 8.42 Å². The third-order valence-electron chi connectivity index (χ3n) is 7.58. The number of nitrogens with one attached hydrogen (secondary N) is 1. The number of hydrogen-bond donors (Lipinski definition) is 1. The van der Waals surface area contributed by atoms with Crippen LogP contribution in [0.15, 0.2) is 108 Å². The van der Waals surface area contributed by atoms with Gasteiger partial charge in [0.1, 0.15) is 12.6 Å². The molecule has 0 fully saturated rings. The molecule has 4 rings (SSSR count). The average molecular weight is 667 g/mol. The van der Waals surface area contributed by atoms with Crippen LogP contribution in [0.3, 0.4) is 0 Å². The van der Waals surface area contributed by atoms with Gasteiger partial charge in [0, 0.05) is 29.1 Å². The highest BCUT2D eigenvalue weighted by atomic mass is 35.5. The first-order chi connectivity index (χ1) is 21.5. The molecule has 0 heterocycles. The smallest absolute Gasteiger partial charge is 0.264 e. The van der Waals surface area contributed by atoms with Crippen LogP contribution in [0, 0.1) is 6.92 Å². The van der Waals surface area contributed by atoms with Gasteiger partial charge in [0.05, 0.1) is 10.6 Å². The molecule has 0 saturated heterocycles. The summed E-state index contributed by atoms with van der Waals surface area (Å²) in [6.45, 7) is 5.12. The van der Waals surface area contributed by atoms with E-state index in [0.29, 0.717) is 27.7 Å². The molecule has 0 spiro atoms. The van der Waals surface area contributed by atoms with Gasteiger partial charge < -0.3 is 10.2 Å². The van der Waals surface area contributed by atoms with Gasteiger partial charge >= 0.3 is 0 Å². The minimum Gasteiger partial charge on any atom is -0.352 e. The molecule has 10 heteroatoms. The van der Waals surface area contributed by atoms with Gasteiger partial charge in [-0.05, 0) is 79.4 Å². The predicted octanol–water partition coefficient (Wildman–Crippen LogP) is 7.05. The summed E-state index contributed by atoms with van der Waals surface area (Å²) < 4.78 is 29.4. The van der Waals surface area contributed by atoms with Crippen molar-refractivity contribution in [2.24, 2.45) is 0 Å². The number of benzene rings is 4. The number of hydrogen-bond acceptors (Lipinski definition) is 4. The molecule has 4 aromatic carbocycles. The van der Waals surface area contributed by atoms with E-state index in [9.17, 15) is 18.0 Å². The van der Waals surface area contributed by atoms with Gasteiger partial charge in [0.15, 0.2) is 0 Å². The number of halogens is 2. The van der Waals surface area contributed by atoms with E-state index < -0.39 is 28.5 Å². The Morgan fingerprint density at radius 2 is 1.42 bits per heavy atom. The first-order valence-electron chi connectivity index (χ1n) is 14.7. The van der Waals surface area contributed by atoms with Crippen LogP contribution in [-0.2, 0) is 32.6 Å². The summed E-state index contributed by atoms with van der Waals surface area (Å²) in [5, 5.41) is 4.01. The average Bonchev–Trinajstić information content (AvgIpc) is 3.03. The van der Waals surface area contributed by atoms with Crippen LogP contribution in [0.2, 0.25) is 10.0 Å². The predicted molar refractivity (Wildman–Crippen MR) is 181 cm³/mol. The zero-order valence-electron chi connectivity index (χ0n) is 25.5. The molecule has 0 aromatic heterocycles. The van der Waals surface area contributed by atoms with Crippen LogP contribution in [-0.4, -0.2) is 43.8 Å². The molecule has 0 radical (unpaired) electrons. The summed E-state index contributed by atoms with van der Waals surface area (Å²) in [5.74, 6) is -0.866. The van der Waals surface area contributed by atoms with E-state index in [1.165, 1.54) is 17.0 Å².